The van der Waals surface area contributed by atoms with E-state index in [0.29, 0.717) is 26.4 Å². The molecular weight excluding hydrogens is 357 g/mol. The zero-order chi connectivity index (χ0) is 16.8. The van der Waals surface area contributed by atoms with E-state index in [9.17, 15) is 4.79 Å². The summed E-state index contributed by atoms with van der Waals surface area (Å²) in [4.78, 5) is 12.1. The zero-order valence-corrected chi connectivity index (χ0v) is 13.9. The van der Waals surface area contributed by atoms with Crippen molar-refractivity contribution in [3.8, 4) is 6.07 Å². The van der Waals surface area contributed by atoms with Crippen molar-refractivity contribution in [2.45, 2.75) is 0 Å². The van der Waals surface area contributed by atoms with Crippen molar-refractivity contribution >= 4 is 52.1 Å². The topological polar surface area (TPSA) is 64.9 Å². The van der Waals surface area contributed by atoms with E-state index >= 15 is 0 Å². The number of amides is 1. The molecule has 0 radical (unpaired) electrons. The Balaban J connectivity index is 2.14. The number of nitrogens with zero attached hydrogens (tertiary/aromatic N) is 1. The van der Waals surface area contributed by atoms with Crippen LogP contribution in [0, 0.1) is 11.3 Å². The van der Waals surface area contributed by atoms with Crippen LogP contribution in [-0.2, 0) is 4.79 Å². The molecule has 0 heterocycles. The van der Waals surface area contributed by atoms with Gasteiger partial charge in [-0.1, -0.05) is 46.9 Å². The highest BCUT2D eigenvalue weighted by Crippen LogP contribution is 2.29. The summed E-state index contributed by atoms with van der Waals surface area (Å²) in [5.74, 6) is -0.569. The number of halogens is 3. The minimum absolute atomic E-state index is 0.124. The van der Waals surface area contributed by atoms with Crippen LogP contribution < -0.4 is 10.6 Å². The van der Waals surface area contributed by atoms with E-state index in [2.05, 4.69) is 10.6 Å². The van der Waals surface area contributed by atoms with Crippen LogP contribution in [0.3, 0.4) is 0 Å². The SMILES string of the molecule is N#CC(=CNc1cccc(Cl)c1Cl)C(=O)Nc1cccc(Cl)c1. The maximum absolute atomic E-state index is 12.1. The Bertz CT molecular complexity index is 812. The van der Waals surface area contributed by atoms with E-state index in [4.69, 9.17) is 40.1 Å². The van der Waals surface area contributed by atoms with E-state index in [1.807, 2.05) is 6.07 Å². The third-order valence-corrected chi connectivity index (χ3v) is 3.83. The predicted octanol–water partition coefficient (Wildman–Crippen LogP) is 5.10. The molecule has 0 atom stereocenters. The summed E-state index contributed by atoms with van der Waals surface area (Å²) in [6.45, 7) is 0. The van der Waals surface area contributed by atoms with Gasteiger partial charge in [-0.2, -0.15) is 5.26 Å². The Morgan fingerprint density at radius 2 is 1.87 bits per heavy atom. The molecule has 0 bridgehead atoms. The molecule has 4 nitrogen and oxygen atoms in total. The van der Waals surface area contributed by atoms with Gasteiger partial charge >= 0.3 is 0 Å². The van der Waals surface area contributed by atoms with E-state index in [1.165, 1.54) is 6.20 Å². The Labute approximate surface area is 148 Å². The van der Waals surface area contributed by atoms with Gasteiger partial charge in [0.2, 0.25) is 0 Å². The van der Waals surface area contributed by atoms with Crippen LogP contribution in [0.15, 0.2) is 54.2 Å². The highest BCUT2D eigenvalue weighted by Gasteiger charge is 2.10. The van der Waals surface area contributed by atoms with Crippen LogP contribution in [0.5, 0.6) is 0 Å². The summed E-state index contributed by atoms with van der Waals surface area (Å²) < 4.78 is 0. The normalized spacial score (nSPS) is 10.8. The van der Waals surface area contributed by atoms with Crippen molar-refractivity contribution in [1.82, 2.24) is 0 Å². The van der Waals surface area contributed by atoms with Gasteiger partial charge in [-0.05, 0) is 30.3 Å². The van der Waals surface area contributed by atoms with Gasteiger partial charge in [0.1, 0.15) is 11.6 Å². The third-order valence-electron chi connectivity index (χ3n) is 2.77. The number of nitriles is 1. The van der Waals surface area contributed by atoms with Crippen molar-refractivity contribution in [2.24, 2.45) is 0 Å². The van der Waals surface area contributed by atoms with Crippen LogP contribution in [0.1, 0.15) is 0 Å². The molecule has 1 amide bonds. The van der Waals surface area contributed by atoms with Gasteiger partial charge in [0.05, 0.1) is 15.7 Å². The minimum Gasteiger partial charge on any atom is -0.359 e. The van der Waals surface area contributed by atoms with Crippen LogP contribution in [0.25, 0.3) is 0 Å². The Morgan fingerprint density at radius 3 is 2.57 bits per heavy atom. The molecule has 0 aromatic heterocycles. The van der Waals surface area contributed by atoms with E-state index in [0.717, 1.165) is 0 Å². The van der Waals surface area contributed by atoms with Crippen molar-refractivity contribution < 1.29 is 4.79 Å². The molecule has 2 aromatic carbocycles. The second-order valence-electron chi connectivity index (χ2n) is 4.38. The van der Waals surface area contributed by atoms with Crippen LogP contribution in [-0.4, -0.2) is 5.91 Å². The summed E-state index contributed by atoms with van der Waals surface area (Å²) in [5.41, 5.74) is 0.855. The summed E-state index contributed by atoms with van der Waals surface area (Å²) in [6, 6.07) is 13.4. The molecule has 0 fully saturated rings. The third kappa shape index (κ3) is 4.64. The molecule has 0 aliphatic rings. The van der Waals surface area contributed by atoms with Gasteiger partial charge in [-0.15, -0.1) is 0 Å². The summed E-state index contributed by atoms with van der Waals surface area (Å²) in [6.07, 6.45) is 1.26. The number of hydrogen-bond acceptors (Lipinski definition) is 3. The average Bonchev–Trinajstić information content (AvgIpc) is 2.52. The van der Waals surface area contributed by atoms with Gasteiger partial charge < -0.3 is 10.6 Å². The Morgan fingerprint density at radius 1 is 1.13 bits per heavy atom. The molecule has 0 aliphatic heterocycles. The maximum atomic E-state index is 12.1. The van der Waals surface area contributed by atoms with E-state index < -0.39 is 5.91 Å². The monoisotopic (exact) mass is 365 g/mol. The van der Waals surface area contributed by atoms with Gasteiger partial charge in [-0.3, -0.25) is 4.79 Å². The lowest BCUT2D eigenvalue weighted by Crippen LogP contribution is -2.14. The summed E-state index contributed by atoms with van der Waals surface area (Å²) in [7, 11) is 0. The molecule has 0 saturated heterocycles. The molecule has 116 valence electrons. The van der Waals surface area contributed by atoms with Crippen LogP contribution >= 0.6 is 34.8 Å². The largest absolute Gasteiger partial charge is 0.359 e. The number of hydrogen-bond donors (Lipinski definition) is 2. The first-order valence-corrected chi connectivity index (χ1v) is 7.52. The quantitative estimate of drug-likeness (QED) is 0.584. The smallest absolute Gasteiger partial charge is 0.267 e. The number of anilines is 2. The summed E-state index contributed by atoms with van der Waals surface area (Å²) in [5, 5.41) is 15.7. The van der Waals surface area contributed by atoms with Gasteiger partial charge in [0, 0.05) is 16.9 Å². The molecular formula is C16H10Cl3N3O. The average molecular weight is 367 g/mol. The number of rotatable bonds is 4. The van der Waals surface area contributed by atoms with Crippen molar-refractivity contribution in [3.05, 3.63) is 69.3 Å². The van der Waals surface area contributed by atoms with E-state index in [1.54, 1.807) is 42.5 Å². The van der Waals surface area contributed by atoms with Gasteiger partial charge in [0.25, 0.3) is 5.91 Å². The first-order chi connectivity index (χ1) is 11.0. The van der Waals surface area contributed by atoms with Crippen molar-refractivity contribution in [2.75, 3.05) is 10.6 Å². The lowest BCUT2D eigenvalue weighted by atomic mass is 10.2. The minimum atomic E-state index is -0.569. The molecule has 2 N–H and O–H groups in total. The number of carbonyl (C=O) groups is 1. The highest BCUT2D eigenvalue weighted by atomic mass is 35.5. The van der Waals surface area contributed by atoms with Crippen LogP contribution in [0.2, 0.25) is 15.1 Å². The summed E-state index contributed by atoms with van der Waals surface area (Å²) >= 11 is 17.8. The number of benzene rings is 2. The zero-order valence-electron chi connectivity index (χ0n) is 11.6. The maximum Gasteiger partial charge on any atom is 0.267 e. The Hall–Kier alpha value is -2.19. The molecule has 2 aromatic rings. The molecule has 7 heteroatoms. The lowest BCUT2D eigenvalue weighted by Gasteiger charge is -2.07. The van der Waals surface area contributed by atoms with Crippen molar-refractivity contribution in [3.63, 3.8) is 0 Å². The lowest BCUT2D eigenvalue weighted by molar-refractivity contribution is -0.112. The molecule has 23 heavy (non-hydrogen) atoms. The second-order valence-corrected chi connectivity index (χ2v) is 5.60. The first kappa shape index (κ1) is 17.2. The fourth-order valence-corrected chi connectivity index (χ4v) is 2.22. The van der Waals surface area contributed by atoms with Gasteiger partial charge in [-0.25, -0.2) is 0 Å². The van der Waals surface area contributed by atoms with Crippen molar-refractivity contribution in [1.29, 1.82) is 5.26 Å². The molecule has 0 aliphatic carbocycles. The second kappa shape index (κ2) is 7.89. The Kier molecular flexibility index (Phi) is 5.89. The highest BCUT2D eigenvalue weighted by molar-refractivity contribution is 6.43. The fourth-order valence-electron chi connectivity index (χ4n) is 1.68. The molecule has 0 saturated carbocycles. The number of nitrogens with one attached hydrogen (secondary N) is 2. The van der Waals surface area contributed by atoms with E-state index in [-0.39, 0.29) is 5.57 Å². The first-order valence-electron chi connectivity index (χ1n) is 6.39. The standard InChI is InChI=1S/C16H10Cl3N3O/c17-11-3-1-4-12(7-11)22-16(23)10(8-20)9-21-14-6-2-5-13(18)15(14)19/h1-7,9,21H,(H,22,23). The predicted molar refractivity (Wildman–Crippen MR) is 93.9 cm³/mol. The van der Waals surface area contributed by atoms with Crippen LogP contribution in [0.4, 0.5) is 11.4 Å². The molecule has 0 spiro atoms. The van der Waals surface area contributed by atoms with Gasteiger partial charge in [0.15, 0.2) is 0 Å². The molecule has 2 rings (SSSR count). The molecule has 0 unspecified atom stereocenters. The fraction of sp³-hybridized carbons (Fsp3) is 0. The number of carbonyl (C=O) groups excluding carboxylic acids is 1.